The number of hydrogen-bond donors (Lipinski definition) is 2. The van der Waals surface area contributed by atoms with Crippen LogP contribution in [0.15, 0.2) is 72.4 Å². The quantitative estimate of drug-likeness (QED) is 0.492. The smallest absolute Gasteiger partial charge is 0.267 e. The zero-order valence-corrected chi connectivity index (χ0v) is 14.8. The molecule has 0 radical (unpaired) electrons. The lowest BCUT2D eigenvalue weighted by molar-refractivity contribution is -0.112. The Kier molecular flexibility index (Phi) is 5.21. The van der Waals surface area contributed by atoms with Crippen LogP contribution < -0.4 is 10.6 Å². The zero-order chi connectivity index (χ0) is 18.5. The van der Waals surface area contributed by atoms with Crippen molar-refractivity contribution in [3.05, 3.63) is 83.0 Å². The summed E-state index contributed by atoms with van der Waals surface area (Å²) in [4.78, 5) is 12.4. The molecule has 0 fully saturated rings. The number of fused-ring (bicyclic) bond motifs is 1. The van der Waals surface area contributed by atoms with Gasteiger partial charge in [-0.2, -0.15) is 5.26 Å². The molecule has 0 heterocycles. The van der Waals surface area contributed by atoms with Gasteiger partial charge in [-0.3, -0.25) is 4.79 Å². The number of rotatable bonds is 4. The van der Waals surface area contributed by atoms with Crippen molar-refractivity contribution in [2.75, 3.05) is 10.6 Å². The van der Waals surface area contributed by atoms with E-state index >= 15 is 0 Å². The third kappa shape index (κ3) is 3.85. The number of nitriles is 1. The minimum Gasteiger partial charge on any atom is -0.360 e. The molecule has 0 aliphatic carbocycles. The van der Waals surface area contributed by atoms with E-state index in [4.69, 9.17) is 11.6 Å². The second kappa shape index (κ2) is 7.73. The van der Waals surface area contributed by atoms with Crippen LogP contribution in [0.1, 0.15) is 5.56 Å². The van der Waals surface area contributed by atoms with Crippen molar-refractivity contribution >= 4 is 39.7 Å². The van der Waals surface area contributed by atoms with E-state index in [0.717, 1.165) is 22.0 Å². The van der Waals surface area contributed by atoms with Gasteiger partial charge in [-0.05, 0) is 47.5 Å². The highest BCUT2D eigenvalue weighted by molar-refractivity contribution is 6.31. The van der Waals surface area contributed by atoms with Crippen molar-refractivity contribution < 1.29 is 4.79 Å². The Hall–Kier alpha value is -3.29. The summed E-state index contributed by atoms with van der Waals surface area (Å²) >= 11 is 6.06. The lowest BCUT2D eigenvalue weighted by Crippen LogP contribution is -2.15. The van der Waals surface area contributed by atoms with Gasteiger partial charge >= 0.3 is 0 Å². The zero-order valence-electron chi connectivity index (χ0n) is 14.1. The number of halogens is 1. The second-order valence-corrected chi connectivity index (χ2v) is 6.15. The molecular weight excluding hydrogens is 346 g/mol. The SMILES string of the molecule is Cc1c(Cl)cccc1NC(=O)/C(C#N)=C\Nc1ccc2ccccc2c1. The standard InChI is InChI=1S/C21H16ClN3O/c1-14-19(22)7-4-8-20(14)25-21(26)17(12-23)13-24-18-10-9-15-5-2-3-6-16(15)11-18/h2-11,13,24H,1H3,(H,25,26)/b17-13-. The van der Waals surface area contributed by atoms with E-state index in [2.05, 4.69) is 10.6 Å². The summed E-state index contributed by atoms with van der Waals surface area (Å²) in [5.41, 5.74) is 2.09. The molecule has 0 aliphatic heterocycles. The maximum atomic E-state index is 12.4. The molecule has 3 aromatic rings. The maximum absolute atomic E-state index is 12.4. The molecule has 2 N–H and O–H groups in total. The minimum atomic E-state index is -0.494. The van der Waals surface area contributed by atoms with Crippen LogP contribution in [-0.4, -0.2) is 5.91 Å². The molecule has 0 saturated carbocycles. The molecule has 0 bridgehead atoms. The third-order valence-corrected chi connectivity index (χ3v) is 4.42. The van der Waals surface area contributed by atoms with Crippen molar-refractivity contribution in [1.82, 2.24) is 0 Å². The van der Waals surface area contributed by atoms with Gasteiger partial charge in [-0.25, -0.2) is 0 Å². The largest absolute Gasteiger partial charge is 0.360 e. The number of nitrogens with one attached hydrogen (secondary N) is 2. The Morgan fingerprint density at radius 1 is 1.08 bits per heavy atom. The van der Waals surface area contributed by atoms with E-state index in [1.807, 2.05) is 48.5 Å². The summed E-state index contributed by atoms with van der Waals surface area (Å²) in [5, 5.41) is 17.8. The lowest BCUT2D eigenvalue weighted by Gasteiger charge is -2.09. The van der Waals surface area contributed by atoms with E-state index in [1.165, 1.54) is 6.20 Å². The summed E-state index contributed by atoms with van der Waals surface area (Å²) in [5.74, 6) is -0.494. The Balaban J connectivity index is 1.77. The van der Waals surface area contributed by atoms with Crippen molar-refractivity contribution in [1.29, 1.82) is 5.26 Å². The topological polar surface area (TPSA) is 64.9 Å². The van der Waals surface area contributed by atoms with Gasteiger partial charge in [0.15, 0.2) is 0 Å². The van der Waals surface area contributed by atoms with E-state index in [-0.39, 0.29) is 5.57 Å². The summed E-state index contributed by atoms with van der Waals surface area (Å²) in [6.07, 6.45) is 1.40. The molecule has 0 atom stereocenters. The number of benzene rings is 3. The van der Waals surface area contributed by atoms with Gasteiger partial charge in [-0.15, -0.1) is 0 Å². The van der Waals surface area contributed by atoms with Crippen LogP contribution >= 0.6 is 11.6 Å². The third-order valence-electron chi connectivity index (χ3n) is 4.01. The lowest BCUT2D eigenvalue weighted by atomic mass is 10.1. The maximum Gasteiger partial charge on any atom is 0.267 e. The number of nitrogens with zero attached hydrogens (tertiary/aromatic N) is 1. The van der Waals surface area contributed by atoms with E-state index in [1.54, 1.807) is 25.1 Å². The monoisotopic (exact) mass is 361 g/mol. The fourth-order valence-corrected chi connectivity index (χ4v) is 2.69. The number of amides is 1. The minimum absolute atomic E-state index is 0.0301. The molecule has 0 unspecified atom stereocenters. The number of carbonyl (C=O) groups is 1. The molecule has 26 heavy (non-hydrogen) atoms. The average molecular weight is 362 g/mol. The highest BCUT2D eigenvalue weighted by Gasteiger charge is 2.11. The fraction of sp³-hybridized carbons (Fsp3) is 0.0476. The Morgan fingerprint density at radius 2 is 1.85 bits per heavy atom. The van der Waals surface area contributed by atoms with E-state index < -0.39 is 5.91 Å². The number of anilines is 2. The van der Waals surface area contributed by atoms with Crippen LogP contribution in [0, 0.1) is 18.3 Å². The van der Waals surface area contributed by atoms with Gasteiger partial charge in [0.1, 0.15) is 11.6 Å². The van der Waals surface area contributed by atoms with Gasteiger partial charge < -0.3 is 10.6 Å². The Bertz CT molecular complexity index is 1050. The first-order valence-corrected chi connectivity index (χ1v) is 8.38. The predicted molar refractivity (Wildman–Crippen MR) is 106 cm³/mol. The van der Waals surface area contributed by atoms with Gasteiger partial charge in [-0.1, -0.05) is 48.0 Å². The van der Waals surface area contributed by atoms with Crippen molar-refractivity contribution in [2.24, 2.45) is 0 Å². The molecule has 128 valence electrons. The molecule has 4 nitrogen and oxygen atoms in total. The van der Waals surface area contributed by atoms with Crippen LogP contribution in [0.25, 0.3) is 10.8 Å². The number of carbonyl (C=O) groups excluding carboxylic acids is 1. The summed E-state index contributed by atoms with van der Waals surface area (Å²) in [6.45, 7) is 1.81. The predicted octanol–water partition coefficient (Wildman–Crippen LogP) is 5.26. The Labute approximate surface area is 156 Å². The van der Waals surface area contributed by atoms with Crippen LogP contribution in [0.2, 0.25) is 5.02 Å². The first kappa shape index (κ1) is 17.5. The van der Waals surface area contributed by atoms with E-state index in [9.17, 15) is 10.1 Å². The van der Waals surface area contributed by atoms with Crippen LogP contribution in [0.3, 0.4) is 0 Å². The van der Waals surface area contributed by atoms with Crippen molar-refractivity contribution in [3.8, 4) is 6.07 Å². The van der Waals surface area contributed by atoms with Crippen LogP contribution in [-0.2, 0) is 4.79 Å². The summed E-state index contributed by atoms with van der Waals surface area (Å²) in [6, 6.07) is 20.9. The van der Waals surface area contributed by atoms with Crippen molar-refractivity contribution in [2.45, 2.75) is 6.92 Å². The van der Waals surface area contributed by atoms with Gasteiger partial charge in [0.05, 0.1) is 0 Å². The fourth-order valence-electron chi connectivity index (χ4n) is 2.52. The molecule has 0 aliphatic rings. The summed E-state index contributed by atoms with van der Waals surface area (Å²) in [7, 11) is 0. The summed E-state index contributed by atoms with van der Waals surface area (Å²) < 4.78 is 0. The molecule has 3 rings (SSSR count). The Morgan fingerprint density at radius 3 is 2.62 bits per heavy atom. The first-order chi connectivity index (χ1) is 12.6. The van der Waals surface area contributed by atoms with E-state index in [0.29, 0.717) is 10.7 Å². The molecule has 5 heteroatoms. The normalized spacial score (nSPS) is 11.0. The van der Waals surface area contributed by atoms with Gasteiger partial charge in [0.25, 0.3) is 5.91 Å². The first-order valence-electron chi connectivity index (χ1n) is 8.00. The van der Waals surface area contributed by atoms with Gasteiger partial charge in [0, 0.05) is 22.6 Å². The molecule has 0 saturated heterocycles. The highest BCUT2D eigenvalue weighted by atomic mass is 35.5. The van der Waals surface area contributed by atoms with Gasteiger partial charge in [0.2, 0.25) is 0 Å². The molecular formula is C21H16ClN3O. The molecule has 1 amide bonds. The average Bonchev–Trinajstić information content (AvgIpc) is 2.66. The van der Waals surface area contributed by atoms with Crippen LogP contribution in [0.5, 0.6) is 0 Å². The van der Waals surface area contributed by atoms with Crippen LogP contribution in [0.4, 0.5) is 11.4 Å². The molecule has 0 spiro atoms. The molecule has 0 aromatic heterocycles. The number of hydrogen-bond acceptors (Lipinski definition) is 3. The second-order valence-electron chi connectivity index (χ2n) is 5.74. The van der Waals surface area contributed by atoms with Crippen molar-refractivity contribution in [3.63, 3.8) is 0 Å². The molecule has 3 aromatic carbocycles. The highest BCUT2D eigenvalue weighted by Crippen LogP contribution is 2.23.